The third kappa shape index (κ3) is 4.09. The van der Waals surface area contributed by atoms with Crippen LogP contribution in [0.4, 0.5) is 6.01 Å². The zero-order valence-corrected chi connectivity index (χ0v) is 18.1. The van der Waals surface area contributed by atoms with Gasteiger partial charge in [0.05, 0.1) is 24.9 Å². The van der Waals surface area contributed by atoms with Gasteiger partial charge in [-0.1, -0.05) is 24.2 Å². The molecule has 0 spiro atoms. The van der Waals surface area contributed by atoms with E-state index in [1.54, 1.807) is 7.11 Å². The molecule has 1 saturated heterocycles. The topological polar surface area (TPSA) is 91.3 Å². The minimum atomic E-state index is 0.165. The van der Waals surface area contributed by atoms with Gasteiger partial charge in [0, 0.05) is 32.7 Å². The van der Waals surface area contributed by atoms with Gasteiger partial charge >= 0.3 is 6.01 Å². The number of hydrogen-bond acceptors (Lipinski definition) is 8. The summed E-state index contributed by atoms with van der Waals surface area (Å²) >= 11 is 0. The Labute approximate surface area is 177 Å². The maximum absolute atomic E-state index is 6.44. The monoisotopic (exact) mass is 416 g/mol. The lowest BCUT2D eigenvalue weighted by Gasteiger charge is -2.37. The third-order valence-electron chi connectivity index (χ3n) is 6.74. The molecule has 3 fully saturated rings. The van der Waals surface area contributed by atoms with E-state index in [1.807, 2.05) is 10.9 Å². The van der Waals surface area contributed by atoms with Gasteiger partial charge in [0.2, 0.25) is 0 Å². The summed E-state index contributed by atoms with van der Waals surface area (Å²) in [5.41, 5.74) is 0.862. The number of nitrogens with zero attached hydrogens (tertiary/aromatic N) is 6. The fraction of sp³-hybridized carbons (Fsp3) is 0.810. The Morgan fingerprint density at radius 1 is 1.20 bits per heavy atom. The molecule has 0 amide bonds. The van der Waals surface area contributed by atoms with Crippen molar-refractivity contribution < 1.29 is 14.0 Å². The van der Waals surface area contributed by atoms with E-state index in [-0.39, 0.29) is 18.1 Å². The molecule has 2 aliphatic carbocycles. The smallest absolute Gasteiger partial charge is 0.324 e. The van der Waals surface area contributed by atoms with E-state index in [0.29, 0.717) is 24.5 Å². The summed E-state index contributed by atoms with van der Waals surface area (Å²) in [5, 5.41) is 12.8. The molecule has 4 atom stereocenters. The van der Waals surface area contributed by atoms with Crippen LogP contribution in [-0.4, -0.2) is 58.0 Å². The van der Waals surface area contributed by atoms with Gasteiger partial charge in [-0.05, 0) is 43.4 Å². The summed E-state index contributed by atoms with van der Waals surface area (Å²) in [5.74, 6) is 2.92. The lowest BCUT2D eigenvalue weighted by molar-refractivity contribution is -0.0375. The average Bonchev–Trinajstić information content (AvgIpc) is 3.12. The molecule has 0 aromatic carbocycles. The van der Waals surface area contributed by atoms with Crippen LogP contribution in [0.5, 0.6) is 0 Å². The third-order valence-corrected chi connectivity index (χ3v) is 6.74. The first-order valence-electron chi connectivity index (χ1n) is 11.2. The summed E-state index contributed by atoms with van der Waals surface area (Å²) in [4.78, 5) is 6.87. The molecule has 0 N–H and O–H groups in total. The van der Waals surface area contributed by atoms with Crippen molar-refractivity contribution >= 4 is 6.01 Å². The Morgan fingerprint density at radius 2 is 2.00 bits per heavy atom. The predicted molar refractivity (Wildman–Crippen MR) is 109 cm³/mol. The van der Waals surface area contributed by atoms with Crippen LogP contribution in [0.25, 0.3) is 0 Å². The van der Waals surface area contributed by atoms with Crippen molar-refractivity contribution in [3.05, 3.63) is 17.7 Å². The number of ether oxygens (including phenoxy) is 2. The lowest BCUT2D eigenvalue weighted by Crippen LogP contribution is -2.38. The van der Waals surface area contributed by atoms with Crippen LogP contribution in [0.3, 0.4) is 0 Å². The summed E-state index contributed by atoms with van der Waals surface area (Å²) in [6.45, 7) is 7.41. The van der Waals surface area contributed by atoms with E-state index in [1.165, 1.54) is 12.8 Å². The van der Waals surface area contributed by atoms with E-state index in [2.05, 4.69) is 39.2 Å². The van der Waals surface area contributed by atoms with Crippen LogP contribution in [-0.2, 0) is 16.1 Å². The molecule has 9 heteroatoms. The number of anilines is 1. The molecule has 3 heterocycles. The first kappa shape index (κ1) is 19.9. The Balaban J connectivity index is 1.31. The quantitative estimate of drug-likeness (QED) is 0.649. The second-order valence-corrected chi connectivity index (χ2v) is 9.49. The molecule has 5 rings (SSSR count). The van der Waals surface area contributed by atoms with Crippen LogP contribution in [0.1, 0.15) is 63.0 Å². The van der Waals surface area contributed by atoms with Crippen LogP contribution < -0.4 is 4.90 Å². The zero-order chi connectivity index (χ0) is 20.7. The van der Waals surface area contributed by atoms with Gasteiger partial charge in [0.15, 0.2) is 5.82 Å². The molecule has 2 aromatic heterocycles. The fourth-order valence-electron chi connectivity index (χ4n) is 4.83. The van der Waals surface area contributed by atoms with Crippen LogP contribution >= 0.6 is 0 Å². The molecule has 1 aliphatic heterocycles. The number of hydrogen-bond donors (Lipinski definition) is 0. The number of aromatic nitrogens is 5. The summed E-state index contributed by atoms with van der Waals surface area (Å²) in [6.07, 6.45) is 6.84. The Morgan fingerprint density at radius 3 is 2.70 bits per heavy atom. The highest BCUT2D eigenvalue weighted by Crippen LogP contribution is 2.44. The van der Waals surface area contributed by atoms with Crippen molar-refractivity contribution in [2.45, 2.75) is 64.2 Å². The Bertz CT molecular complexity index is 847. The predicted octanol–water partition coefficient (Wildman–Crippen LogP) is 2.81. The molecule has 2 aromatic rings. The largest absolute Gasteiger partial charge is 0.378 e. The van der Waals surface area contributed by atoms with Crippen LogP contribution in [0, 0.1) is 17.8 Å². The maximum atomic E-state index is 6.44. The molecular formula is C21H32N6O3. The molecule has 0 bridgehead atoms. The van der Waals surface area contributed by atoms with Gasteiger partial charge in [0.1, 0.15) is 5.69 Å². The van der Waals surface area contributed by atoms with Gasteiger partial charge in [-0.15, -0.1) is 5.10 Å². The maximum Gasteiger partial charge on any atom is 0.324 e. The van der Waals surface area contributed by atoms with Crippen LogP contribution in [0.2, 0.25) is 0 Å². The van der Waals surface area contributed by atoms with Crippen molar-refractivity contribution in [1.82, 2.24) is 25.1 Å². The minimum Gasteiger partial charge on any atom is -0.378 e. The van der Waals surface area contributed by atoms with Crippen molar-refractivity contribution in [1.29, 1.82) is 0 Å². The SMILES string of the molecule is COCc1cn([C@@H]2C[C@@H]3CN(c4nc(C(C)C)no4)C[C@@H]3C[C@H]2OCC2CC2)nn1. The van der Waals surface area contributed by atoms with Crippen molar-refractivity contribution in [2.75, 3.05) is 31.7 Å². The Kier molecular flexibility index (Phi) is 5.49. The van der Waals surface area contributed by atoms with Gasteiger partial charge < -0.3 is 18.9 Å². The Hall–Kier alpha value is -2.00. The summed E-state index contributed by atoms with van der Waals surface area (Å²) in [6, 6.07) is 0.861. The highest BCUT2D eigenvalue weighted by atomic mass is 16.5. The molecule has 164 valence electrons. The zero-order valence-electron chi connectivity index (χ0n) is 18.1. The molecule has 2 saturated carbocycles. The molecule has 30 heavy (non-hydrogen) atoms. The summed E-state index contributed by atoms with van der Waals surface area (Å²) < 4.78 is 19.2. The molecule has 3 aliphatic rings. The van der Waals surface area contributed by atoms with Crippen molar-refractivity contribution in [3.8, 4) is 0 Å². The fourth-order valence-corrected chi connectivity index (χ4v) is 4.83. The van der Waals surface area contributed by atoms with E-state index in [9.17, 15) is 0 Å². The van der Waals surface area contributed by atoms with Gasteiger partial charge in [-0.3, -0.25) is 0 Å². The molecule has 9 nitrogen and oxygen atoms in total. The van der Waals surface area contributed by atoms with Crippen molar-refractivity contribution in [2.24, 2.45) is 17.8 Å². The average molecular weight is 417 g/mol. The normalized spacial score (nSPS) is 29.0. The summed E-state index contributed by atoms with van der Waals surface area (Å²) in [7, 11) is 1.68. The van der Waals surface area contributed by atoms with Crippen LogP contribution in [0.15, 0.2) is 10.7 Å². The standard InChI is InChI=1S/C21H32N6O3/c1-13(2)20-22-21(30-24-20)26-8-15-6-18(27-10-17(12-28-3)23-25-27)19(7-16(15)9-26)29-11-14-4-5-14/h10,13-16,18-19H,4-9,11-12H2,1-3H3/t15-,16+,18-,19-/m1/s1. The number of methoxy groups -OCH3 is 1. The number of fused-ring (bicyclic) bond motifs is 1. The minimum absolute atomic E-state index is 0.165. The second-order valence-electron chi connectivity index (χ2n) is 9.49. The van der Waals surface area contributed by atoms with E-state index in [0.717, 1.165) is 50.0 Å². The highest BCUT2D eigenvalue weighted by Gasteiger charge is 2.45. The molecular weight excluding hydrogens is 384 g/mol. The van der Waals surface area contributed by atoms with E-state index in [4.69, 9.17) is 14.0 Å². The number of rotatable bonds is 8. The lowest BCUT2D eigenvalue weighted by atomic mass is 9.77. The van der Waals surface area contributed by atoms with Gasteiger partial charge in [-0.25, -0.2) is 4.68 Å². The van der Waals surface area contributed by atoms with Gasteiger partial charge in [-0.2, -0.15) is 4.98 Å². The van der Waals surface area contributed by atoms with Crippen molar-refractivity contribution in [3.63, 3.8) is 0 Å². The molecule has 0 radical (unpaired) electrons. The molecule has 0 unspecified atom stereocenters. The van der Waals surface area contributed by atoms with E-state index < -0.39 is 0 Å². The first-order valence-corrected chi connectivity index (χ1v) is 11.2. The van der Waals surface area contributed by atoms with Gasteiger partial charge in [0.25, 0.3) is 0 Å². The first-order chi connectivity index (χ1) is 14.6. The second kappa shape index (κ2) is 8.26. The highest BCUT2D eigenvalue weighted by molar-refractivity contribution is 5.29. The van der Waals surface area contributed by atoms with E-state index >= 15 is 0 Å².